The molecule has 0 saturated carbocycles. The summed E-state index contributed by atoms with van der Waals surface area (Å²) < 4.78 is 36.6. The van der Waals surface area contributed by atoms with Gasteiger partial charge in [-0.25, -0.2) is 8.42 Å². The molecule has 6 atom stereocenters. The summed E-state index contributed by atoms with van der Waals surface area (Å²) in [5.41, 5.74) is 0. The minimum absolute atomic E-state index is 0. The molecule has 0 rings (SSSR count). The summed E-state index contributed by atoms with van der Waals surface area (Å²) in [5, 5.41) is 5.05. The Kier molecular flexibility index (Phi) is 32.7. The van der Waals surface area contributed by atoms with Gasteiger partial charge in [-0.2, -0.15) is 0 Å². The molecule has 41 heavy (non-hydrogen) atoms. The molecular formula is C29H63N3NaO7S+. The van der Waals surface area contributed by atoms with Crippen LogP contribution in [0.1, 0.15) is 94.9 Å². The van der Waals surface area contributed by atoms with E-state index >= 15 is 0 Å². The second-order valence-electron chi connectivity index (χ2n) is 11.4. The fraction of sp³-hybridized carbons (Fsp3) is 0.897. The predicted octanol–water partition coefficient (Wildman–Crippen LogP) is 1.20. The van der Waals surface area contributed by atoms with Crippen LogP contribution in [0.15, 0.2) is 0 Å². The molecule has 0 saturated heterocycles. The van der Waals surface area contributed by atoms with Crippen LogP contribution in [0.3, 0.4) is 0 Å². The molecule has 2 amide bonds. The van der Waals surface area contributed by atoms with Crippen LogP contribution in [0.2, 0.25) is 0 Å². The fourth-order valence-electron chi connectivity index (χ4n) is 2.82. The van der Waals surface area contributed by atoms with Crippen LogP contribution in [0.25, 0.3) is 0 Å². The van der Waals surface area contributed by atoms with E-state index in [2.05, 4.69) is 57.3 Å². The van der Waals surface area contributed by atoms with Gasteiger partial charge in [0.2, 0.25) is 11.8 Å². The second kappa shape index (κ2) is 26.9. The molecule has 0 heterocycles. The molecule has 0 aliphatic carbocycles. The van der Waals surface area contributed by atoms with E-state index in [4.69, 9.17) is 0 Å². The van der Waals surface area contributed by atoms with Crippen molar-refractivity contribution in [1.29, 1.82) is 0 Å². The standard InChI is InChI=1S/C9H22N.C8H17NO4S.C6H13NO.C6H12O2.Na/c1-7-8(2)9(3)10(4,5)6;1-4-6(2)8(10)9-7(3)5-14(11,12)13;1-4-5(2)6(8)7-3;1-4-5(2)6(7)8-3;/h8-9H,7H2,1-6H3;6-7H,4-5H2,1-3H3,(H,9,10)(H,11,12,13);5H,4H2,1-3H3,(H,7,8);5H,4H2,1-3H3;/q+1;;;;+1/p-1. The van der Waals surface area contributed by atoms with Crippen LogP contribution in [0, 0.1) is 23.7 Å². The Labute approximate surface area is 275 Å². The Bertz CT molecular complexity index is 768. The fourth-order valence-corrected chi connectivity index (χ4v) is 3.52. The van der Waals surface area contributed by atoms with E-state index in [0.717, 1.165) is 29.3 Å². The maximum atomic E-state index is 11.3. The first kappa shape index (κ1) is 49.9. The number of hydrogen-bond donors (Lipinski definition) is 2. The number of esters is 1. The van der Waals surface area contributed by atoms with Crippen molar-refractivity contribution >= 4 is 27.9 Å². The second-order valence-corrected chi connectivity index (χ2v) is 12.9. The zero-order valence-corrected chi connectivity index (χ0v) is 32.0. The number of quaternary nitrogens is 1. The van der Waals surface area contributed by atoms with Crippen LogP contribution < -0.4 is 40.2 Å². The largest absolute Gasteiger partial charge is 1.00 e. The van der Waals surface area contributed by atoms with E-state index in [1.54, 1.807) is 14.0 Å². The number of nitrogens with zero attached hydrogens (tertiary/aromatic N) is 1. The molecule has 0 spiro atoms. The molecule has 0 aliphatic rings. The van der Waals surface area contributed by atoms with Gasteiger partial charge >= 0.3 is 35.5 Å². The summed E-state index contributed by atoms with van der Waals surface area (Å²) in [6.07, 6.45) is 3.74. The molecule has 0 aromatic carbocycles. The van der Waals surface area contributed by atoms with E-state index in [1.165, 1.54) is 20.5 Å². The van der Waals surface area contributed by atoms with Gasteiger partial charge in [0.15, 0.2) is 0 Å². The van der Waals surface area contributed by atoms with E-state index in [9.17, 15) is 27.4 Å². The van der Waals surface area contributed by atoms with Crippen molar-refractivity contribution in [1.82, 2.24) is 10.6 Å². The van der Waals surface area contributed by atoms with Gasteiger partial charge in [-0.1, -0.05) is 55.4 Å². The summed E-state index contributed by atoms with van der Waals surface area (Å²) in [6.45, 7) is 19.7. The number of ether oxygens (including phenoxy) is 1. The Morgan fingerprint density at radius 3 is 1.37 bits per heavy atom. The molecule has 6 unspecified atom stereocenters. The summed E-state index contributed by atoms with van der Waals surface area (Å²) in [4.78, 5) is 32.4. The predicted molar refractivity (Wildman–Crippen MR) is 164 cm³/mol. The first-order valence-corrected chi connectivity index (χ1v) is 16.0. The molecule has 242 valence electrons. The van der Waals surface area contributed by atoms with Gasteiger partial charge in [0.25, 0.3) is 0 Å². The average molecular weight is 621 g/mol. The Hall–Kier alpha value is -0.720. The topological polar surface area (TPSA) is 142 Å². The van der Waals surface area contributed by atoms with Gasteiger partial charge in [-0.05, 0) is 39.5 Å². The van der Waals surface area contributed by atoms with Crippen LogP contribution in [0.4, 0.5) is 0 Å². The maximum absolute atomic E-state index is 11.3. The van der Waals surface area contributed by atoms with Crippen molar-refractivity contribution in [3.05, 3.63) is 0 Å². The monoisotopic (exact) mass is 620 g/mol. The van der Waals surface area contributed by atoms with E-state index in [1.807, 2.05) is 34.6 Å². The minimum Gasteiger partial charge on any atom is -0.748 e. The molecule has 0 fully saturated rings. The Balaban J connectivity index is -0.000000144. The number of nitrogens with one attached hydrogen (secondary N) is 2. The quantitative estimate of drug-likeness (QED) is 0.145. The maximum Gasteiger partial charge on any atom is 1.00 e. The van der Waals surface area contributed by atoms with Crippen molar-refractivity contribution in [3.63, 3.8) is 0 Å². The molecule has 10 nitrogen and oxygen atoms in total. The molecule has 2 N–H and O–H groups in total. The van der Waals surface area contributed by atoms with Gasteiger partial charge < -0.3 is 24.4 Å². The molecule has 0 bridgehead atoms. The zero-order valence-electron chi connectivity index (χ0n) is 29.2. The summed E-state index contributed by atoms with van der Waals surface area (Å²) in [7, 11) is 5.59. The average Bonchev–Trinajstić information content (AvgIpc) is 2.88. The summed E-state index contributed by atoms with van der Waals surface area (Å²) >= 11 is 0. The zero-order chi connectivity index (χ0) is 32.9. The normalized spacial score (nSPS) is 15.0. The first-order chi connectivity index (χ1) is 18.1. The number of carbonyl (C=O) groups excluding carboxylic acids is 3. The molecule has 0 aliphatic heterocycles. The number of hydrogen-bond acceptors (Lipinski definition) is 7. The van der Waals surface area contributed by atoms with Gasteiger partial charge in [0.05, 0.1) is 56.1 Å². The molecular weight excluding hydrogens is 557 g/mol. The van der Waals surface area contributed by atoms with Crippen LogP contribution in [-0.4, -0.2) is 88.4 Å². The van der Waals surface area contributed by atoms with Gasteiger partial charge in [0, 0.05) is 30.8 Å². The number of rotatable bonds is 12. The summed E-state index contributed by atoms with van der Waals surface area (Å²) in [5.74, 6) is 0.130. The number of amides is 2. The smallest absolute Gasteiger partial charge is 0.748 e. The van der Waals surface area contributed by atoms with E-state index < -0.39 is 21.9 Å². The minimum atomic E-state index is -4.27. The number of methoxy groups -OCH3 is 1. The van der Waals surface area contributed by atoms with Crippen LogP contribution in [-0.2, 0) is 29.2 Å². The van der Waals surface area contributed by atoms with Crippen molar-refractivity contribution in [2.45, 2.75) is 107 Å². The van der Waals surface area contributed by atoms with Crippen molar-refractivity contribution in [2.24, 2.45) is 23.7 Å². The van der Waals surface area contributed by atoms with Crippen LogP contribution >= 0.6 is 0 Å². The van der Waals surface area contributed by atoms with Gasteiger partial charge in [-0.3, -0.25) is 14.4 Å². The number of carbonyl (C=O) groups is 3. The molecule has 12 heteroatoms. The van der Waals surface area contributed by atoms with Crippen LogP contribution in [0.5, 0.6) is 0 Å². The Morgan fingerprint density at radius 1 is 0.780 bits per heavy atom. The molecule has 0 radical (unpaired) electrons. The van der Waals surface area contributed by atoms with Crippen molar-refractivity contribution in [3.8, 4) is 0 Å². The van der Waals surface area contributed by atoms with Crippen molar-refractivity contribution in [2.75, 3.05) is 41.1 Å². The first-order valence-electron chi connectivity index (χ1n) is 14.4. The third-order valence-corrected chi connectivity index (χ3v) is 8.02. The molecule has 0 aromatic rings. The third-order valence-electron chi connectivity index (χ3n) is 7.11. The summed E-state index contributed by atoms with van der Waals surface area (Å²) in [6, 6.07) is 0.143. The Morgan fingerprint density at radius 2 is 1.17 bits per heavy atom. The van der Waals surface area contributed by atoms with Gasteiger partial charge in [-0.15, -0.1) is 0 Å². The van der Waals surface area contributed by atoms with E-state index in [0.29, 0.717) is 6.42 Å². The molecule has 0 aromatic heterocycles. The van der Waals surface area contributed by atoms with E-state index in [-0.39, 0.29) is 65.1 Å². The van der Waals surface area contributed by atoms with Gasteiger partial charge in [0.1, 0.15) is 0 Å². The third kappa shape index (κ3) is 30.5. The SMILES string of the molecule is CCC(C)C(=O)NC.CCC(C)C(=O)NC(C)CS(=O)(=O)[O-].CCC(C)C(=O)OC.CCC(C)C(C)[N+](C)(C)C.[Na+]. The van der Waals surface area contributed by atoms with Crippen molar-refractivity contribution < 1.29 is 66.1 Å².